The number of halogens is 1. The summed E-state index contributed by atoms with van der Waals surface area (Å²) < 4.78 is 1.52. The third-order valence-electron chi connectivity index (χ3n) is 7.60. The molecule has 4 aromatic rings. The van der Waals surface area contributed by atoms with Crippen LogP contribution >= 0.6 is 11.6 Å². The predicted molar refractivity (Wildman–Crippen MR) is 158 cm³/mol. The molecule has 2 N–H and O–H groups in total. The van der Waals surface area contributed by atoms with Crippen molar-refractivity contribution < 1.29 is 9.59 Å². The summed E-state index contributed by atoms with van der Waals surface area (Å²) in [6.07, 6.45) is 5.67. The van der Waals surface area contributed by atoms with E-state index in [9.17, 15) is 9.59 Å². The summed E-state index contributed by atoms with van der Waals surface area (Å²) >= 11 is 6.64. The van der Waals surface area contributed by atoms with Crippen LogP contribution in [0.3, 0.4) is 0 Å². The molecule has 0 radical (unpaired) electrons. The van der Waals surface area contributed by atoms with Crippen LogP contribution in [-0.2, 0) is 0 Å². The molecule has 0 unspecified atom stereocenters. The Kier molecular flexibility index (Phi) is 7.86. The van der Waals surface area contributed by atoms with E-state index >= 15 is 0 Å². The van der Waals surface area contributed by atoms with Crippen molar-refractivity contribution >= 4 is 51.6 Å². The van der Waals surface area contributed by atoms with Crippen LogP contribution in [0.15, 0.2) is 67.0 Å². The van der Waals surface area contributed by atoms with Gasteiger partial charge in [0.25, 0.3) is 5.91 Å². The van der Waals surface area contributed by atoms with Gasteiger partial charge in [-0.1, -0.05) is 30.7 Å². The Bertz CT molecular complexity index is 1490. The molecule has 1 fully saturated rings. The Hall–Kier alpha value is -3.88. The first-order valence-corrected chi connectivity index (χ1v) is 13.6. The van der Waals surface area contributed by atoms with Gasteiger partial charge in [-0.25, -0.2) is 9.78 Å². The van der Waals surface area contributed by atoms with Crippen molar-refractivity contribution in [3.8, 4) is 0 Å². The van der Waals surface area contributed by atoms with E-state index < -0.39 is 0 Å². The fourth-order valence-corrected chi connectivity index (χ4v) is 5.50. The second-order valence-corrected chi connectivity index (χ2v) is 10.3. The molecule has 0 atom stereocenters. The summed E-state index contributed by atoms with van der Waals surface area (Å²) in [5.74, 6) is 0.792. The number of aromatic nitrogens is 2. The molecule has 2 aromatic heterocycles. The zero-order chi connectivity index (χ0) is 27.5. The number of anilines is 3. The number of pyridine rings is 1. The maximum Gasteiger partial charge on any atom is 0.325 e. The molecular formula is C30H33ClN6O2. The fraction of sp³-hybridized carbons (Fsp3) is 0.300. The van der Waals surface area contributed by atoms with Crippen molar-refractivity contribution in [2.75, 3.05) is 43.9 Å². The second kappa shape index (κ2) is 11.5. The van der Waals surface area contributed by atoms with Crippen LogP contribution in [0, 0.1) is 0 Å². The van der Waals surface area contributed by atoms with Crippen LogP contribution in [0.1, 0.15) is 41.6 Å². The highest BCUT2D eigenvalue weighted by Crippen LogP contribution is 2.35. The van der Waals surface area contributed by atoms with E-state index in [0.29, 0.717) is 22.3 Å². The quantitative estimate of drug-likeness (QED) is 0.306. The van der Waals surface area contributed by atoms with E-state index in [0.717, 1.165) is 54.8 Å². The van der Waals surface area contributed by atoms with E-state index in [1.165, 1.54) is 10.1 Å². The summed E-state index contributed by atoms with van der Waals surface area (Å²) in [5, 5.41) is 6.92. The number of fused-ring (bicyclic) bond motifs is 1. The van der Waals surface area contributed by atoms with Gasteiger partial charge in [0.05, 0.1) is 16.2 Å². The van der Waals surface area contributed by atoms with Gasteiger partial charge >= 0.3 is 6.03 Å². The first-order valence-electron chi connectivity index (χ1n) is 13.2. The van der Waals surface area contributed by atoms with Crippen LogP contribution < -0.4 is 15.5 Å². The average molecular weight is 545 g/mol. The molecule has 1 aliphatic rings. The number of nitrogens with zero attached hydrogens (tertiary/aromatic N) is 4. The number of hydrogen-bond donors (Lipinski definition) is 2. The van der Waals surface area contributed by atoms with Crippen molar-refractivity contribution in [1.82, 2.24) is 19.8 Å². The number of rotatable bonds is 6. The van der Waals surface area contributed by atoms with Crippen LogP contribution in [0.25, 0.3) is 10.9 Å². The van der Waals surface area contributed by atoms with E-state index in [1.54, 1.807) is 25.5 Å². The summed E-state index contributed by atoms with van der Waals surface area (Å²) in [5.41, 5.74) is 4.18. The summed E-state index contributed by atoms with van der Waals surface area (Å²) in [6, 6.07) is 17.0. The molecule has 0 bridgehead atoms. The van der Waals surface area contributed by atoms with E-state index in [4.69, 9.17) is 11.6 Å². The highest BCUT2D eigenvalue weighted by atomic mass is 35.5. The fourth-order valence-electron chi connectivity index (χ4n) is 5.21. The Balaban J connectivity index is 1.29. The van der Waals surface area contributed by atoms with Crippen molar-refractivity contribution in [3.63, 3.8) is 0 Å². The molecule has 3 heterocycles. The van der Waals surface area contributed by atoms with Gasteiger partial charge in [0.1, 0.15) is 5.82 Å². The number of amides is 2. The molecule has 0 saturated carbocycles. The van der Waals surface area contributed by atoms with Crippen LogP contribution in [0.2, 0.25) is 5.02 Å². The van der Waals surface area contributed by atoms with E-state index in [-0.39, 0.29) is 11.9 Å². The largest absolute Gasteiger partial charge is 0.343 e. The molecule has 202 valence electrons. The van der Waals surface area contributed by atoms with E-state index in [2.05, 4.69) is 39.6 Å². The van der Waals surface area contributed by atoms with Gasteiger partial charge in [-0.3, -0.25) is 9.36 Å². The Labute approximate surface area is 233 Å². The molecule has 9 heteroatoms. The topological polar surface area (TPSA) is 82.5 Å². The van der Waals surface area contributed by atoms with Gasteiger partial charge in [0.15, 0.2) is 0 Å². The number of carbonyl (C=O) groups excluding carboxylic acids is 2. The number of benzene rings is 2. The number of likely N-dealkylation sites (tertiary alicyclic amines) is 1. The average Bonchev–Trinajstić information content (AvgIpc) is 3.38. The molecular weight excluding hydrogens is 512 g/mol. The molecule has 39 heavy (non-hydrogen) atoms. The van der Waals surface area contributed by atoms with Crippen LogP contribution in [-0.4, -0.2) is 60.1 Å². The van der Waals surface area contributed by atoms with Gasteiger partial charge in [-0.2, -0.15) is 0 Å². The maximum atomic E-state index is 13.0. The lowest BCUT2D eigenvalue weighted by atomic mass is 9.89. The Morgan fingerprint density at radius 3 is 2.51 bits per heavy atom. The van der Waals surface area contributed by atoms with Crippen LogP contribution in [0.4, 0.5) is 22.0 Å². The molecule has 0 aliphatic carbocycles. The minimum atomic E-state index is -0.233. The molecule has 2 amide bonds. The first kappa shape index (κ1) is 26.7. The lowest BCUT2D eigenvalue weighted by Crippen LogP contribution is -2.32. The van der Waals surface area contributed by atoms with Gasteiger partial charge in [0.2, 0.25) is 0 Å². The minimum Gasteiger partial charge on any atom is -0.343 e. The standard InChI is InChI=1S/C30H33ClN6O2/c1-4-36-14-10-21(11-15-36)20-5-7-22(8-6-20)29(38)34-28-18-24(9-13-33-28)35(3)27-17-23-12-16-37(30(39)32-2)26(23)19-25(27)31/h5-9,12-13,16-19,21H,4,10-11,14-15H2,1-3H3,(H,32,39)(H,33,34,38). The number of piperidine rings is 1. The number of carbonyl (C=O) groups is 2. The third kappa shape index (κ3) is 5.62. The third-order valence-corrected chi connectivity index (χ3v) is 7.91. The van der Waals surface area contributed by atoms with Crippen molar-refractivity contribution in [2.24, 2.45) is 0 Å². The zero-order valence-electron chi connectivity index (χ0n) is 22.4. The number of nitrogens with one attached hydrogen (secondary N) is 2. The first-order chi connectivity index (χ1) is 18.9. The lowest BCUT2D eigenvalue weighted by Gasteiger charge is -2.31. The van der Waals surface area contributed by atoms with E-state index in [1.807, 2.05) is 48.3 Å². The molecule has 1 saturated heterocycles. The smallest absolute Gasteiger partial charge is 0.325 e. The summed E-state index contributed by atoms with van der Waals surface area (Å²) in [6.45, 7) is 5.56. The highest BCUT2D eigenvalue weighted by molar-refractivity contribution is 6.34. The molecule has 1 aliphatic heterocycles. The van der Waals surface area contributed by atoms with Crippen molar-refractivity contribution in [2.45, 2.75) is 25.7 Å². The SMILES string of the molecule is CCN1CCC(c2ccc(C(=O)Nc3cc(N(C)c4cc5ccn(C(=O)NC)c5cc4Cl)ccn3)cc2)CC1. The molecule has 8 nitrogen and oxygen atoms in total. The van der Waals surface area contributed by atoms with Crippen molar-refractivity contribution in [1.29, 1.82) is 0 Å². The highest BCUT2D eigenvalue weighted by Gasteiger charge is 2.20. The summed E-state index contributed by atoms with van der Waals surface area (Å²) in [7, 11) is 3.48. The zero-order valence-corrected chi connectivity index (χ0v) is 23.2. The van der Waals surface area contributed by atoms with Gasteiger partial charge < -0.3 is 20.4 Å². The predicted octanol–water partition coefficient (Wildman–Crippen LogP) is 6.10. The minimum absolute atomic E-state index is 0.204. The second-order valence-electron chi connectivity index (χ2n) is 9.85. The normalized spacial score (nSPS) is 14.4. The lowest BCUT2D eigenvalue weighted by molar-refractivity contribution is 0.102. The number of hydrogen-bond acceptors (Lipinski definition) is 5. The summed E-state index contributed by atoms with van der Waals surface area (Å²) in [4.78, 5) is 33.9. The van der Waals surface area contributed by atoms with Gasteiger partial charge in [0, 0.05) is 49.2 Å². The molecule has 0 spiro atoms. The monoisotopic (exact) mass is 544 g/mol. The van der Waals surface area contributed by atoms with Gasteiger partial charge in [-0.15, -0.1) is 0 Å². The Morgan fingerprint density at radius 1 is 1.08 bits per heavy atom. The Morgan fingerprint density at radius 2 is 1.82 bits per heavy atom. The molecule has 2 aromatic carbocycles. The van der Waals surface area contributed by atoms with Gasteiger partial charge in [-0.05, 0) is 80.4 Å². The molecule has 5 rings (SSSR count). The van der Waals surface area contributed by atoms with Crippen LogP contribution in [0.5, 0.6) is 0 Å². The maximum absolute atomic E-state index is 13.0. The van der Waals surface area contributed by atoms with Crippen molar-refractivity contribution in [3.05, 3.63) is 83.1 Å².